The van der Waals surface area contributed by atoms with Crippen LogP contribution in [-0.4, -0.2) is 40.8 Å². The third kappa shape index (κ3) is 5.11. The molecule has 0 bridgehead atoms. The Morgan fingerprint density at radius 1 is 1.20 bits per heavy atom. The van der Waals surface area contributed by atoms with Crippen molar-refractivity contribution in [1.82, 2.24) is 9.80 Å². The molecule has 3 atom stereocenters. The summed E-state index contributed by atoms with van der Waals surface area (Å²) in [6.07, 6.45) is 5.66. The van der Waals surface area contributed by atoms with Gasteiger partial charge in [-0.25, -0.2) is 4.79 Å². The Balaban J connectivity index is 1.52. The minimum Gasteiger partial charge on any atom is -0.438 e. The van der Waals surface area contributed by atoms with Crippen LogP contribution in [0.4, 0.5) is 4.79 Å². The van der Waals surface area contributed by atoms with E-state index in [1.54, 1.807) is 15.9 Å². The first-order valence-corrected chi connectivity index (χ1v) is 12.0. The van der Waals surface area contributed by atoms with Gasteiger partial charge in [-0.05, 0) is 49.1 Å². The Morgan fingerprint density at radius 2 is 1.89 bits per heavy atom. The predicted octanol–water partition coefficient (Wildman–Crippen LogP) is 5.59. The van der Waals surface area contributed by atoms with Gasteiger partial charge in [-0.3, -0.25) is 0 Å². The maximum Gasteiger partial charge on any atom is 0.411 e. The molecule has 6 nitrogen and oxygen atoms in total. The van der Waals surface area contributed by atoms with Gasteiger partial charge in [-0.2, -0.15) is 5.26 Å². The number of nitrogens with zero attached hydrogens (tertiary/aromatic N) is 3. The van der Waals surface area contributed by atoms with Crippen LogP contribution >= 0.6 is 0 Å². The largest absolute Gasteiger partial charge is 0.438 e. The number of ether oxygens (including phenoxy) is 1. The number of carbonyl (C=O) groups excluding carboxylic acids is 1. The van der Waals surface area contributed by atoms with Crippen molar-refractivity contribution in [3.63, 3.8) is 0 Å². The average molecular weight is 472 g/mol. The molecule has 1 N–H and O–H groups in total. The first kappa shape index (κ1) is 24.6. The predicted molar refractivity (Wildman–Crippen MR) is 136 cm³/mol. The van der Waals surface area contributed by atoms with E-state index < -0.39 is 17.2 Å². The Kier molecular flexibility index (Phi) is 6.73. The number of carbonyl (C=O) groups is 1. The summed E-state index contributed by atoms with van der Waals surface area (Å²) in [5, 5.41) is 19.5. The Bertz CT molecular complexity index is 1160. The maximum absolute atomic E-state index is 13.3. The van der Waals surface area contributed by atoms with Crippen LogP contribution < -0.4 is 0 Å². The lowest BCUT2D eigenvalue weighted by molar-refractivity contribution is -0.0770. The third-order valence-corrected chi connectivity index (χ3v) is 7.01. The van der Waals surface area contributed by atoms with Gasteiger partial charge in [0.05, 0.1) is 17.5 Å². The maximum atomic E-state index is 13.3. The van der Waals surface area contributed by atoms with Gasteiger partial charge in [-0.1, -0.05) is 60.7 Å². The number of allylic oxidation sites excluding steroid dienone is 2. The zero-order valence-corrected chi connectivity index (χ0v) is 20.8. The summed E-state index contributed by atoms with van der Waals surface area (Å²) in [4.78, 5) is 16.8. The first-order chi connectivity index (χ1) is 16.6. The lowest BCUT2D eigenvalue weighted by atomic mass is 9.75. The van der Waals surface area contributed by atoms with Crippen LogP contribution in [-0.2, 0) is 10.3 Å². The van der Waals surface area contributed by atoms with E-state index in [9.17, 15) is 15.2 Å². The molecule has 0 spiro atoms. The quantitative estimate of drug-likeness (QED) is 0.595. The van der Waals surface area contributed by atoms with E-state index in [4.69, 9.17) is 4.74 Å². The fourth-order valence-electron chi connectivity index (χ4n) is 4.92. The minimum atomic E-state index is -0.825. The second kappa shape index (κ2) is 9.59. The number of amides is 1. The van der Waals surface area contributed by atoms with Gasteiger partial charge in [-0.15, -0.1) is 0 Å². The number of cyclic esters (lactones) is 1. The highest BCUT2D eigenvalue weighted by Gasteiger charge is 2.46. The Morgan fingerprint density at radius 3 is 2.49 bits per heavy atom. The highest BCUT2D eigenvalue weighted by atomic mass is 16.6. The van der Waals surface area contributed by atoms with Crippen molar-refractivity contribution in [3.8, 4) is 6.07 Å². The second-order valence-electron chi connectivity index (χ2n) is 10.2. The van der Waals surface area contributed by atoms with Crippen LogP contribution in [0.1, 0.15) is 56.3 Å². The molecule has 1 amide bonds. The summed E-state index contributed by atoms with van der Waals surface area (Å²) in [6.45, 7) is 6.32. The van der Waals surface area contributed by atoms with E-state index in [0.717, 1.165) is 22.3 Å². The fourth-order valence-corrected chi connectivity index (χ4v) is 4.92. The number of benzene rings is 2. The minimum absolute atomic E-state index is 0.158. The first-order valence-electron chi connectivity index (χ1n) is 12.0. The van der Waals surface area contributed by atoms with Crippen molar-refractivity contribution in [3.05, 3.63) is 89.6 Å². The summed E-state index contributed by atoms with van der Waals surface area (Å²) in [6, 6.07) is 20.1. The van der Waals surface area contributed by atoms with Crippen molar-refractivity contribution in [2.75, 3.05) is 13.6 Å². The number of likely N-dealkylation sites (N-methyl/N-ethyl adjacent to an activating group) is 1. The SMILES string of the molecule is C[C@@H](c1ccc(C2=CN(C)C(O)C=C2)cc1)N1CC[C@](CC(C)(C)C#N)(c2ccccc2)OC1=O. The summed E-state index contributed by atoms with van der Waals surface area (Å²) in [5.41, 5.74) is 2.54. The summed E-state index contributed by atoms with van der Waals surface area (Å²) in [5.74, 6) is 0. The van der Waals surface area contributed by atoms with Crippen LogP contribution in [0, 0.1) is 16.7 Å². The van der Waals surface area contributed by atoms with Crippen LogP contribution in [0.3, 0.4) is 0 Å². The number of nitriles is 1. The molecular formula is C29H33N3O3. The van der Waals surface area contributed by atoms with Gasteiger partial charge in [0.15, 0.2) is 0 Å². The Labute approximate surface area is 207 Å². The molecule has 2 aromatic rings. The average Bonchev–Trinajstić information content (AvgIpc) is 2.86. The van der Waals surface area contributed by atoms with Gasteiger partial charge in [0.25, 0.3) is 0 Å². The standard InChI is InChI=1S/C29H33N3O3/c1-21(22-10-12-23(13-11-22)24-14-15-26(33)31(4)18-24)32-17-16-29(35-27(32)34,19-28(2,3)20-30)25-8-6-5-7-9-25/h5-15,18,21,26,33H,16-17,19H2,1-4H3/t21-,26?,29-/m0/s1. The second-order valence-corrected chi connectivity index (χ2v) is 10.2. The molecule has 0 aliphatic carbocycles. The van der Waals surface area contributed by atoms with Crippen LogP contribution in [0.5, 0.6) is 0 Å². The van der Waals surface area contributed by atoms with Gasteiger partial charge in [0.1, 0.15) is 11.8 Å². The lowest BCUT2D eigenvalue weighted by Crippen LogP contribution is -2.50. The smallest absolute Gasteiger partial charge is 0.411 e. The fraction of sp³-hybridized carbons (Fsp3) is 0.379. The van der Waals surface area contributed by atoms with Gasteiger partial charge in [0, 0.05) is 32.6 Å². The summed E-state index contributed by atoms with van der Waals surface area (Å²) < 4.78 is 6.18. The van der Waals surface area contributed by atoms with Crippen LogP contribution in [0.2, 0.25) is 0 Å². The lowest BCUT2D eigenvalue weighted by Gasteiger charge is -2.45. The van der Waals surface area contributed by atoms with E-state index in [1.165, 1.54) is 0 Å². The van der Waals surface area contributed by atoms with Gasteiger partial charge >= 0.3 is 6.09 Å². The van der Waals surface area contributed by atoms with E-state index in [0.29, 0.717) is 19.4 Å². The van der Waals surface area contributed by atoms with Crippen molar-refractivity contribution < 1.29 is 14.6 Å². The molecule has 1 saturated heterocycles. The monoisotopic (exact) mass is 471 g/mol. The molecule has 1 unspecified atom stereocenters. The molecular weight excluding hydrogens is 438 g/mol. The molecule has 0 aromatic heterocycles. The highest BCUT2D eigenvalue weighted by molar-refractivity contribution is 5.75. The van der Waals surface area contributed by atoms with Crippen molar-refractivity contribution in [1.29, 1.82) is 5.26 Å². The molecule has 0 saturated carbocycles. The highest BCUT2D eigenvalue weighted by Crippen LogP contribution is 2.44. The Hall–Kier alpha value is -3.56. The third-order valence-electron chi connectivity index (χ3n) is 7.01. The molecule has 35 heavy (non-hydrogen) atoms. The topological polar surface area (TPSA) is 76.8 Å². The van der Waals surface area contributed by atoms with Crippen molar-refractivity contribution in [2.45, 2.75) is 51.5 Å². The number of hydrogen-bond acceptors (Lipinski definition) is 5. The number of aliphatic hydroxyl groups excluding tert-OH is 1. The van der Waals surface area contributed by atoms with E-state index in [-0.39, 0.29) is 12.1 Å². The number of hydrogen-bond donors (Lipinski definition) is 1. The van der Waals surface area contributed by atoms with Gasteiger partial charge < -0.3 is 19.6 Å². The van der Waals surface area contributed by atoms with Crippen LogP contribution in [0.15, 0.2) is 72.9 Å². The van der Waals surface area contributed by atoms with Crippen molar-refractivity contribution in [2.24, 2.45) is 5.41 Å². The normalized spacial score (nSPS) is 23.4. The molecule has 2 aromatic carbocycles. The van der Waals surface area contributed by atoms with E-state index in [1.807, 2.05) is 94.7 Å². The zero-order valence-electron chi connectivity index (χ0n) is 20.8. The van der Waals surface area contributed by atoms with E-state index in [2.05, 4.69) is 6.07 Å². The summed E-state index contributed by atoms with van der Waals surface area (Å²) >= 11 is 0. The van der Waals surface area contributed by atoms with E-state index >= 15 is 0 Å². The van der Waals surface area contributed by atoms with Gasteiger partial charge in [0.2, 0.25) is 0 Å². The molecule has 1 fully saturated rings. The zero-order chi connectivity index (χ0) is 25.2. The van der Waals surface area contributed by atoms with Crippen molar-refractivity contribution >= 4 is 11.7 Å². The summed E-state index contributed by atoms with van der Waals surface area (Å²) in [7, 11) is 1.83. The molecule has 6 heteroatoms. The van der Waals surface area contributed by atoms with Crippen LogP contribution in [0.25, 0.3) is 5.57 Å². The molecule has 0 radical (unpaired) electrons. The molecule has 2 heterocycles. The molecule has 4 rings (SSSR count). The number of rotatable bonds is 6. The molecule has 182 valence electrons. The number of aliphatic hydroxyl groups is 1. The molecule has 2 aliphatic rings. The molecule has 2 aliphatic heterocycles.